The molecule has 0 radical (unpaired) electrons. The second kappa shape index (κ2) is 6.88. The molecule has 0 aliphatic carbocycles. The average Bonchev–Trinajstić information content (AvgIpc) is 2.80. The number of methoxy groups -OCH3 is 1. The van der Waals surface area contributed by atoms with E-state index >= 15 is 0 Å². The Hall–Kier alpha value is -1.36. The molecule has 1 aromatic heterocycles. The van der Waals surface area contributed by atoms with Gasteiger partial charge in [0.1, 0.15) is 5.69 Å². The fraction of sp³-hybridized carbons (Fsp3) is 0.286. The summed E-state index contributed by atoms with van der Waals surface area (Å²) in [5.74, 6) is -0.114. The van der Waals surface area contributed by atoms with Gasteiger partial charge in [0.2, 0.25) is 0 Å². The van der Waals surface area contributed by atoms with E-state index in [4.69, 9.17) is 27.9 Å². The van der Waals surface area contributed by atoms with Gasteiger partial charge >= 0.3 is 0 Å². The molecule has 0 aliphatic rings. The number of hydrogen-bond donors (Lipinski definition) is 0. The zero-order valence-corrected chi connectivity index (χ0v) is 12.5. The van der Waals surface area contributed by atoms with Crippen LogP contribution >= 0.6 is 23.2 Å². The van der Waals surface area contributed by atoms with E-state index in [9.17, 15) is 4.79 Å². The topological polar surface area (TPSA) is 44.1 Å². The highest BCUT2D eigenvalue weighted by Gasteiger charge is 2.18. The number of nitrogens with zero attached hydrogens (tertiary/aromatic N) is 2. The molecule has 0 fully saturated rings. The maximum absolute atomic E-state index is 12.4. The first-order chi connectivity index (χ1) is 9.63. The Bertz CT molecular complexity index is 611. The molecule has 0 amide bonds. The monoisotopic (exact) mass is 312 g/mol. The third kappa shape index (κ3) is 3.39. The van der Waals surface area contributed by atoms with Crippen LogP contribution in [0.15, 0.2) is 30.5 Å². The molecular formula is C14H14Cl2N2O2. The van der Waals surface area contributed by atoms with E-state index in [-0.39, 0.29) is 12.2 Å². The van der Waals surface area contributed by atoms with Crippen LogP contribution in [0.4, 0.5) is 0 Å². The molecule has 1 aromatic carbocycles. The Kier molecular flexibility index (Phi) is 5.17. The number of carbonyl (C=O) groups excluding carboxylic acids is 1. The average molecular weight is 313 g/mol. The quantitative estimate of drug-likeness (QED) is 0.769. The molecule has 20 heavy (non-hydrogen) atoms. The van der Waals surface area contributed by atoms with Gasteiger partial charge in [0.05, 0.1) is 24.4 Å². The Morgan fingerprint density at radius 1 is 1.30 bits per heavy atom. The van der Waals surface area contributed by atoms with E-state index in [0.29, 0.717) is 28.9 Å². The third-order valence-electron chi connectivity index (χ3n) is 2.87. The lowest BCUT2D eigenvalue weighted by Crippen LogP contribution is -2.15. The number of ether oxygens (including phenoxy) is 1. The van der Waals surface area contributed by atoms with E-state index in [1.165, 1.54) is 6.20 Å². The van der Waals surface area contributed by atoms with Gasteiger partial charge in [0.25, 0.3) is 0 Å². The minimum absolute atomic E-state index is 0.114. The lowest BCUT2D eigenvalue weighted by atomic mass is 10.1. The predicted molar refractivity (Wildman–Crippen MR) is 78.6 cm³/mol. The van der Waals surface area contributed by atoms with E-state index in [0.717, 1.165) is 5.56 Å². The Labute approximate surface area is 127 Å². The molecule has 0 saturated heterocycles. The summed E-state index contributed by atoms with van der Waals surface area (Å²) in [4.78, 5) is 12.4. The number of rotatable bonds is 6. The third-order valence-corrected chi connectivity index (χ3v) is 3.52. The van der Waals surface area contributed by atoms with Gasteiger partial charge in [-0.25, -0.2) is 0 Å². The SMILES string of the molecule is COCCn1ncc(Cl)c1C(=O)Cc1ccccc1Cl. The van der Waals surface area contributed by atoms with E-state index in [1.807, 2.05) is 18.2 Å². The minimum atomic E-state index is -0.114. The van der Waals surface area contributed by atoms with Gasteiger partial charge in [-0.2, -0.15) is 5.10 Å². The maximum atomic E-state index is 12.4. The van der Waals surface area contributed by atoms with Crippen LogP contribution in [0.3, 0.4) is 0 Å². The molecule has 0 aliphatic heterocycles. The van der Waals surface area contributed by atoms with Crippen LogP contribution in [-0.4, -0.2) is 29.3 Å². The standard InChI is InChI=1S/C14H14Cl2N2O2/c1-20-7-6-18-14(12(16)9-17-18)13(19)8-10-4-2-3-5-11(10)15/h2-5,9H,6-8H2,1H3. The molecule has 2 rings (SSSR count). The van der Waals surface area contributed by atoms with Gasteiger partial charge in [-0.1, -0.05) is 41.4 Å². The van der Waals surface area contributed by atoms with Crippen molar-refractivity contribution in [2.45, 2.75) is 13.0 Å². The maximum Gasteiger partial charge on any atom is 0.186 e. The van der Waals surface area contributed by atoms with Crippen LogP contribution in [0.25, 0.3) is 0 Å². The summed E-state index contributed by atoms with van der Waals surface area (Å²) < 4.78 is 6.55. The number of hydrogen-bond acceptors (Lipinski definition) is 3. The first-order valence-electron chi connectivity index (χ1n) is 6.10. The summed E-state index contributed by atoms with van der Waals surface area (Å²) in [6, 6.07) is 7.25. The second-order valence-electron chi connectivity index (χ2n) is 4.25. The van der Waals surface area contributed by atoms with Crippen LogP contribution < -0.4 is 0 Å². The van der Waals surface area contributed by atoms with Crippen LogP contribution in [0.1, 0.15) is 16.1 Å². The van der Waals surface area contributed by atoms with Gasteiger partial charge in [0.15, 0.2) is 5.78 Å². The van der Waals surface area contributed by atoms with E-state index < -0.39 is 0 Å². The fourth-order valence-electron chi connectivity index (χ4n) is 1.89. The molecule has 0 atom stereocenters. The molecule has 0 N–H and O–H groups in total. The molecule has 0 saturated carbocycles. The first-order valence-corrected chi connectivity index (χ1v) is 6.86. The Morgan fingerprint density at radius 3 is 2.75 bits per heavy atom. The van der Waals surface area contributed by atoms with Crippen LogP contribution in [0, 0.1) is 0 Å². The van der Waals surface area contributed by atoms with Crippen molar-refractivity contribution >= 4 is 29.0 Å². The summed E-state index contributed by atoms with van der Waals surface area (Å²) in [5, 5.41) is 5.00. The molecule has 2 aromatic rings. The molecule has 0 spiro atoms. The van der Waals surface area contributed by atoms with Gasteiger partial charge in [-0.15, -0.1) is 0 Å². The number of benzene rings is 1. The van der Waals surface area contributed by atoms with Crippen molar-refractivity contribution in [3.63, 3.8) is 0 Å². The highest BCUT2D eigenvalue weighted by atomic mass is 35.5. The number of halogens is 2. The van der Waals surface area contributed by atoms with Crippen molar-refractivity contribution in [2.24, 2.45) is 0 Å². The number of ketones is 1. The van der Waals surface area contributed by atoms with Crippen molar-refractivity contribution in [2.75, 3.05) is 13.7 Å². The molecule has 6 heteroatoms. The van der Waals surface area contributed by atoms with Gasteiger partial charge < -0.3 is 4.74 Å². The van der Waals surface area contributed by atoms with Crippen molar-refractivity contribution in [1.29, 1.82) is 0 Å². The largest absolute Gasteiger partial charge is 0.383 e. The van der Waals surface area contributed by atoms with Crippen molar-refractivity contribution in [3.8, 4) is 0 Å². The summed E-state index contributed by atoms with van der Waals surface area (Å²) >= 11 is 12.1. The number of aromatic nitrogens is 2. The van der Waals surface area contributed by atoms with Crippen LogP contribution in [0.5, 0.6) is 0 Å². The van der Waals surface area contributed by atoms with Crippen LogP contribution in [0.2, 0.25) is 10.0 Å². The van der Waals surface area contributed by atoms with Gasteiger partial charge in [-0.3, -0.25) is 9.48 Å². The van der Waals surface area contributed by atoms with Crippen molar-refractivity contribution in [1.82, 2.24) is 9.78 Å². The van der Waals surface area contributed by atoms with E-state index in [2.05, 4.69) is 5.10 Å². The minimum Gasteiger partial charge on any atom is -0.383 e. The molecular weight excluding hydrogens is 299 g/mol. The van der Waals surface area contributed by atoms with Crippen molar-refractivity contribution < 1.29 is 9.53 Å². The van der Waals surface area contributed by atoms with Gasteiger partial charge in [-0.05, 0) is 11.6 Å². The summed E-state index contributed by atoms with van der Waals surface area (Å²) in [5.41, 5.74) is 1.17. The summed E-state index contributed by atoms with van der Waals surface area (Å²) in [7, 11) is 1.59. The zero-order valence-electron chi connectivity index (χ0n) is 11.0. The first kappa shape index (κ1) is 15.0. The molecule has 0 unspecified atom stereocenters. The van der Waals surface area contributed by atoms with Crippen molar-refractivity contribution in [3.05, 3.63) is 51.8 Å². The Morgan fingerprint density at radius 2 is 2.05 bits per heavy atom. The van der Waals surface area contributed by atoms with Gasteiger partial charge in [0, 0.05) is 18.6 Å². The molecule has 1 heterocycles. The fourth-order valence-corrected chi connectivity index (χ4v) is 2.33. The summed E-state index contributed by atoms with van der Waals surface area (Å²) in [6.45, 7) is 0.942. The van der Waals surface area contributed by atoms with E-state index in [1.54, 1.807) is 17.9 Å². The summed E-state index contributed by atoms with van der Waals surface area (Å²) in [6.07, 6.45) is 1.66. The Balaban J connectivity index is 2.21. The highest BCUT2D eigenvalue weighted by molar-refractivity contribution is 6.34. The molecule has 0 bridgehead atoms. The smallest absolute Gasteiger partial charge is 0.186 e. The molecule has 106 valence electrons. The lowest BCUT2D eigenvalue weighted by molar-refractivity contribution is 0.0979. The zero-order chi connectivity index (χ0) is 14.5. The predicted octanol–water partition coefficient (Wildman–Crippen LogP) is 3.26. The number of Topliss-reactive ketones (excluding diaryl/α,β-unsaturated/α-hetero) is 1. The number of carbonyl (C=O) groups is 1. The molecule has 4 nitrogen and oxygen atoms in total. The van der Waals surface area contributed by atoms with Crippen LogP contribution in [-0.2, 0) is 17.7 Å². The lowest BCUT2D eigenvalue weighted by Gasteiger charge is -2.07. The highest BCUT2D eigenvalue weighted by Crippen LogP contribution is 2.21. The normalized spacial score (nSPS) is 10.8. The second-order valence-corrected chi connectivity index (χ2v) is 5.06.